The maximum absolute atomic E-state index is 6.12. The summed E-state index contributed by atoms with van der Waals surface area (Å²) < 4.78 is 2.10. The highest BCUT2D eigenvalue weighted by atomic mass is 35.5. The highest BCUT2D eigenvalue weighted by molar-refractivity contribution is 6.41. The van der Waals surface area contributed by atoms with Gasteiger partial charge in [-0.05, 0) is 18.6 Å². The number of rotatable bonds is 5. The smallest absolute Gasteiger partial charge is 0.128 e. The van der Waals surface area contributed by atoms with Crippen LogP contribution < -0.4 is 5.32 Å². The van der Waals surface area contributed by atoms with Crippen molar-refractivity contribution >= 4 is 40.5 Å². The van der Waals surface area contributed by atoms with Crippen molar-refractivity contribution in [2.45, 2.75) is 26.4 Å². The number of aryl methyl sites for hydroxylation is 1. The minimum Gasteiger partial charge on any atom is -0.375 e. The van der Waals surface area contributed by atoms with Crippen LogP contribution in [0.25, 0.3) is 0 Å². The summed E-state index contributed by atoms with van der Waals surface area (Å²) in [5.41, 5.74) is 0.679. The van der Waals surface area contributed by atoms with Crippen LogP contribution in [0, 0.1) is 0 Å². The average Bonchev–Trinajstić information content (AvgIpc) is 2.76. The molecule has 0 unspecified atom stereocenters. The zero-order valence-corrected chi connectivity index (χ0v) is 12.7. The maximum atomic E-state index is 6.12. The van der Waals surface area contributed by atoms with Gasteiger partial charge < -0.3 is 9.88 Å². The Labute approximate surface area is 127 Å². The lowest BCUT2D eigenvalue weighted by Crippen LogP contribution is -2.08. The molecule has 1 aromatic carbocycles. The lowest BCUT2D eigenvalue weighted by Gasteiger charge is -2.12. The molecule has 0 atom stereocenters. The summed E-state index contributed by atoms with van der Waals surface area (Å²) in [6, 6.07) is 3.33. The van der Waals surface area contributed by atoms with Crippen molar-refractivity contribution < 1.29 is 0 Å². The van der Waals surface area contributed by atoms with E-state index in [0.29, 0.717) is 27.3 Å². The molecule has 0 aliphatic rings. The first kappa shape index (κ1) is 14.5. The topological polar surface area (TPSA) is 29.9 Å². The molecule has 2 rings (SSSR count). The van der Waals surface area contributed by atoms with E-state index in [4.69, 9.17) is 34.8 Å². The van der Waals surface area contributed by atoms with Gasteiger partial charge in [0.1, 0.15) is 5.82 Å². The summed E-state index contributed by atoms with van der Waals surface area (Å²) in [6.45, 7) is 3.64. The third-order valence-corrected chi connectivity index (χ3v) is 3.51. The number of imidazole rings is 1. The number of aromatic nitrogens is 2. The van der Waals surface area contributed by atoms with E-state index in [1.54, 1.807) is 18.3 Å². The van der Waals surface area contributed by atoms with Crippen molar-refractivity contribution in [1.82, 2.24) is 9.55 Å². The second-order valence-corrected chi connectivity index (χ2v) is 5.39. The molecule has 102 valence electrons. The zero-order chi connectivity index (χ0) is 13.8. The van der Waals surface area contributed by atoms with E-state index in [2.05, 4.69) is 21.8 Å². The van der Waals surface area contributed by atoms with E-state index in [1.807, 2.05) is 6.20 Å². The summed E-state index contributed by atoms with van der Waals surface area (Å²) in [6.07, 6.45) is 4.81. The van der Waals surface area contributed by atoms with Crippen LogP contribution in [0.15, 0.2) is 24.5 Å². The Hall–Kier alpha value is -0.900. The molecule has 0 bridgehead atoms. The molecule has 1 aromatic heterocycles. The van der Waals surface area contributed by atoms with Gasteiger partial charge in [-0.1, -0.05) is 41.7 Å². The fourth-order valence-electron chi connectivity index (χ4n) is 1.83. The summed E-state index contributed by atoms with van der Waals surface area (Å²) in [7, 11) is 0. The Balaban J connectivity index is 2.12. The molecule has 19 heavy (non-hydrogen) atoms. The second-order valence-electron chi connectivity index (χ2n) is 4.13. The first-order chi connectivity index (χ1) is 9.11. The molecule has 3 nitrogen and oxygen atoms in total. The molecule has 0 radical (unpaired) electrons. The van der Waals surface area contributed by atoms with E-state index >= 15 is 0 Å². The van der Waals surface area contributed by atoms with Crippen molar-refractivity contribution in [3.63, 3.8) is 0 Å². The molecule has 0 saturated heterocycles. The van der Waals surface area contributed by atoms with Gasteiger partial charge in [0.25, 0.3) is 0 Å². The van der Waals surface area contributed by atoms with Crippen LogP contribution in [0.5, 0.6) is 0 Å². The zero-order valence-electron chi connectivity index (χ0n) is 10.5. The van der Waals surface area contributed by atoms with Gasteiger partial charge in [0.2, 0.25) is 0 Å². The van der Waals surface area contributed by atoms with Crippen LogP contribution in [0.3, 0.4) is 0 Å². The molecular weight excluding hydrogens is 305 g/mol. The van der Waals surface area contributed by atoms with Crippen LogP contribution >= 0.6 is 34.8 Å². The van der Waals surface area contributed by atoms with Crippen LogP contribution in [-0.4, -0.2) is 9.55 Å². The minimum absolute atomic E-state index is 0.506. The number of nitrogens with zero attached hydrogens (tertiary/aromatic N) is 2. The van der Waals surface area contributed by atoms with Crippen molar-refractivity contribution in [2.24, 2.45) is 0 Å². The van der Waals surface area contributed by atoms with E-state index in [9.17, 15) is 0 Å². The molecule has 0 aliphatic heterocycles. The fraction of sp³-hybridized carbons (Fsp3) is 0.308. The fourth-order valence-corrected chi connectivity index (χ4v) is 2.78. The summed E-state index contributed by atoms with van der Waals surface area (Å²) in [5, 5.41) is 4.74. The van der Waals surface area contributed by atoms with E-state index in [0.717, 1.165) is 18.8 Å². The molecule has 0 amide bonds. The van der Waals surface area contributed by atoms with E-state index in [-0.39, 0.29) is 0 Å². The quantitative estimate of drug-likeness (QED) is 0.852. The molecular formula is C13H14Cl3N3. The largest absolute Gasteiger partial charge is 0.375 e. The SMILES string of the molecule is CCCn1ccnc1CNc1c(Cl)cc(Cl)cc1Cl. The van der Waals surface area contributed by atoms with Gasteiger partial charge >= 0.3 is 0 Å². The van der Waals surface area contributed by atoms with Gasteiger partial charge in [-0.15, -0.1) is 0 Å². The summed E-state index contributed by atoms with van der Waals surface area (Å²) in [5.74, 6) is 0.948. The Morgan fingerprint density at radius 1 is 1.21 bits per heavy atom. The number of anilines is 1. The summed E-state index contributed by atoms with van der Waals surface area (Å²) in [4.78, 5) is 4.31. The molecule has 1 N–H and O–H groups in total. The molecule has 0 saturated carbocycles. The third-order valence-electron chi connectivity index (χ3n) is 2.70. The van der Waals surface area contributed by atoms with Gasteiger partial charge in [-0.25, -0.2) is 4.98 Å². The molecule has 2 aromatic rings. The maximum Gasteiger partial charge on any atom is 0.128 e. The van der Waals surface area contributed by atoms with Gasteiger partial charge in [0, 0.05) is 24.0 Å². The molecule has 1 heterocycles. The van der Waals surface area contributed by atoms with E-state index in [1.165, 1.54) is 0 Å². The molecule has 0 aliphatic carbocycles. The highest BCUT2D eigenvalue weighted by Crippen LogP contribution is 2.33. The molecule has 0 fully saturated rings. The average molecular weight is 319 g/mol. The Kier molecular flexibility index (Phi) is 4.97. The van der Waals surface area contributed by atoms with Gasteiger partial charge in [-0.2, -0.15) is 0 Å². The Bertz CT molecular complexity index is 543. The number of nitrogens with one attached hydrogen (secondary N) is 1. The van der Waals surface area contributed by atoms with Crippen molar-refractivity contribution in [3.8, 4) is 0 Å². The van der Waals surface area contributed by atoms with Crippen molar-refractivity contribution in [1.29, 1.82) is 0 Å². The standard InChI is InChI=1S/C13H14Cl3N3/c1-2-4-19-5-3-17-12(19)8-18-13-10(15)6-9(14)7-11(13)16/h3,5-7,18H,2,4,8H2,1H3. The number of hydrogen-bond acceptors (Lipinski definition) is 2. The minimum atomic E-state index is 0.506. The van der Waals surface area contributed by atoms with Gasteiger partial charge in [-0.3, -0.25) is 0 Å². The first-order valence-corrected chi connectivity index (χ1v) is 7.13. The van der Waals surface area contributed by atoms with Gasteiger partial charge in [0.15, 0.2) is 0 Å². The third kappa shape index (κ3) is 3.56. The van der Waals surface area contributed by atoms with E-state index < -0.39 is 0 Å². The number of benzene rings is 1. The monoisotopic (exact) mass is 317 g/mol. The predicted octanol–water partition coefficient (Wildman–Crippen LogP) is 4.87. The van der Waals surface area contributed by atoms with Crippen LogP contribution in [-0.2, 0) is 13.1 Å². The van der Waals surface area contributed by atoms with Crippen molar-refractivity contribution in [3.05, 3.63) is 45.4 Å². The van der Waals surface area contributed by atoms with Gasteiger partial charge in [0.05, 0.1) is 22.3 Å². The van der Waals surface area contributed by atoms with Crippen LogP contribution in [0.4, 0.5) is 5.69 Å². The van der Waals surface area contributed by atoms with Crippen LogP contribution in [0.2, 0.25) is 15.1 Å². The first-order valence-electron chi connectivity index (χ1n) is 6.00. The number of halogens is 3. The predicted molar refractivity (Wildman–Crippen MR) is 81.3 cm³/mol. The van der Waals surface area contributed by atoms with Crippen LogP contribution in [0.1, 0.15) is 19.2 Å². The number of hydrogen-bond donors (Lipinski definition) is 1. The van der Waals surface area contributed by atoms with Crippen molar-refractivity contribution in [2.75, 3.05) is 5.32 Å². The summed E-state index contributed by atoms with van der Waals surface area (Å²) >= 11 is 18.1. The lowest BCUT2D eigenvalue weighted by molar-refractivity contribution is 0.644. The highest BCUT2D eigenvalue weighted by Gasteiger charge is 2.09. The molecule has 6 heteroatoms. The Morgan fingerprint density at radius 3 is 2.53 bits per heavy atom. The normalized spacial score (nSPS) is 10.7. The molecule has 0 spiro atoms. The second kappa shape index (κ2) is 6.51. The Morgan fingerprint density at radius 2 is 1.89 bits per heavy atom. The lowest BCUT2D eigenvalue weighted by atomic mass is 10.3.